The molecule has 14 rings (SSSR count). The van der Waals surface area contributed by atoms with Crippen LogP contribution in [0, 0.1) is 0 Å². The Hall–Kier alpha value is -8.96. The standard InChI is InChI=1S/C66H45N3Si/c1-5-23-46(24-6-1)51-31-13-17-36-57(51)68-60-39-20-16-34-56(60)65-61(68)40-22-41-62(65)69-63-45-47(67-58-37-18-14-32-52(58)53-33-15-19-38-59(53)67)43-44-54(63)55-35-21-42-64(66(55)69)70(48-25-7-2-8-26-48,49-27-9-3-10-28-49)50-29-11-4-12-30-50/h1-45H. The zero-order valence-electron chi connectivity index (χ0n) is 38.3. The molecule has 0 aliphatic carbocycles. The number of rotatable bonds is 8. The van der Waals surface area contributed by atoms with Gasteiger partial charge in [0, 0.05) is 43.6 Å². The maximum Gasteiger partial charge on any atom is 0.181 e. The summed E-state index contributed by atoms with van der Waals surface area (Å²) >= 11 is 0. The van der Waals surface area contributed by atoms with Crippen LogP contribution in [0.3, 0.4) is 0 Å². The van der Waals surface area contributed by atoms with Crippen molar-refractivity contribution in [2.24, 2.45) is 0 Å². The van der Waals surface area contributed by atoms with Gasteiger partial charge < -0.3 is 13.7 Å². The summed E-state index contributed by atoms with van der Waals surface area (Å²) in [6.07, 6.45) is 0. The van der Waals surface area contributed by atoms with Gasteiger partial charge in [-0.05, 0) is 74.8 Å². The Balaban J connectivity index is 1.17. The maximum absolute atomic E-state index is 3.08. The van der Waals surface area contributed by atoms with E-state index in [9.17, 15) is 0 Å². The Labute approximate surface area is 407 Å². The van der Waals surface area contributed by atoms with E-state index in [0.717, 1.165) is 28.1 Å². The first-order valence-corrected chi connectivity index (χ1v) is 26.2. The Morgan fingerprint density at radius 1 is 0.271 bits per heavy atom. The van der Waals surface area contributed by atoms with Crippen molar-refractivity contribution in [2.75, 3.05) is 0 Å². The average molecular weight is 908 g/mol. The molecule has 0 radical (unpaired) electrons. The Morgan fingerprint density at radius 3 is 1.36 bits per heavy atom. The van der Waals surface area contributed by atoms with Gasteiger partial charge in [-0.1, -0.05) is 224 Å². The molecule has 0 aliphatic heterocycles. The van der Waals surface area contributed by atoms with E-state index in [0.29, 0.717) is 0 Å². The summed E-state index contributed by atoms with van der Waals surface area (Å²) in [6.45, 7) is 0. The summed E-state index contributed by atoms with van der Waals surface area (Å²) in [4.78, 5) is 0. The molecule has 0 amide bonds. The molecule has 3 aromatic heterocycles. The van der Waals surface area contributed by atoms with Gasteiger partial charge in [0.2, 0.25) is 0 Å². The summed E-state index contributed by atoms with van der Waals surface area (Å²) in [5, 5.41) is 12.7. The lowest BCUT2D eigenvalue weighted by atomic mass is 10.0. The molecule has 0 N–H and O–H groups in total. The van der Waals surface area contributed by atoms with Gasteiger partial charge in [-0.2, -0.15) is 0 Å². The molecule has 0 atom stereocenters. The molecule has 0 bridgehead atoms. The fourth-order valence-electron chi connectivity index (χ4n) is 12.0. The number of nitrogens with zero attached hydrogens (tertiary/aromatic N) is 3. The van der Waals surface area contributed by atoms with Gasteiger partial charge in [0.05, 0.1) is 44.5 Å². The number of aromatic nitrogens is 3. The summed E-state index contributed by atoms with van der Waals surface area (Å²) in [7, 11) is -3.08. The summed E-state index contributed by atoms with van der Waals surface area (Å²) in [5.74, 6) is 0. The van der Waals surface area contributed by atoms with Crippen molar-refractivity contribution in [3.05, 3.63) is 273 Å². The van der Waals surface area contributed by atoms with Gasteiger partial charge in [-0.15, -0.1) is 0 Å². The van der Waals surface area contributed by atoms with E-state index in [1.54, 1.807) is 0 Å². The minimum absolute atomic E-state index is 1.12. The van der Waals surface area contributed by atoms with Gasteiger partial charge in [0.15, 0.2) is 8.07 Å². The number of fused-ring (bicyclic) bond motifs is 9. The number of para-hydroxylation sites is 5. The fourth-order valence-corrected chi connectivity index (χ4v) is 16.9. The first-order valence-electron chi connectivity index (χ1n) is 24.2. The lowest BCUT2D eigenvalue weighted by molar-refractivity contribution is 1.16. The van der Waals surface area contributed by atoms with E-state index in [2.05, 4.69) is 287 Å². The van der Waals surface area contributed by atoms with Crippen molar-refractivity contribution in [3.8, 4) is 28.2 Å². The van der Waals surface area contributed by atoms with Crippen LogP contribution in [0.4, 0.5) is 0 Å². The van der Waals surface area contributed by atoms with Crippen LogP contribution in [0.5, 0.6) is 0 Å². The maximum atomic E-state index is 2.65. The second-order valence-corrected chi connectivity index (χ2v) is 22.1. The first-order chi connectivity index (χ1) is 34.8. The Morgan fingerprint density at radius 2 is 0.729 bits per heavy atom. The highest BCUT2D eigenvalue weighted by atomic mass is 28.3. The van der Waals surface area contributed by atoms with E-state index in [-0.39, 0.29) is 0 Å². The lowest BCUT2D eigenvalue weighted by Gasteiger charge is -2.35. The van der Waals surface area contributed by atoms with E-state index >= 15 is 0 Å². The third kappa shape index (κ3) is 5.87. The predicted octanol–water partition coefficient (Wildman–Crippen LogP) is 14.0. The molecule has 14 aromatic rings. The molecule has 70 heavy (non-hydrogen) atoms. The van der Waals surface area contributed by atoms with E-state index in [4.69, 9.17) is 0 Å². The molecule has 3 nitrogen and oxygen atoms in total. The molecule has 0 aliphatic rings. The monoisotopic (exact) mass is 907 g/mol. The van der Waals surface area contributed by atoms with Crippen molar-refractivity contribution in [2.45, 2.75) is 0 Å². The second kappa shape index (κ2) is 16.1. The molecule has 0 spiro atoms. The van der Waals surface area contributed by atoms with E-state index in [1.165, 1.54) is 86.3 Å². The summed E-state index contributed by atoms with van der Waals surface area (Å²) in [5.41, 5.74) is 12.9. The minimum atomic E-state index is -3.08. The molecule has 3 heterocycles. The molecule has 0 saturated heterocycles. The van der Waals surface area contributed by atoms with Crippen LogP contribution in [-0.2, 0) is 0 Å². The SMILES string of the molecule is c1ccc(-c2ccccc2-n2c3ccccc3c3c(-n4c5cc(-n6c7ccccc7c7ccccc76)ccc5c5cccc([Si](c6ccccc6)(c6ccccc6)c6ccccc6)c54)cccc32)cc1. The summed E-state index contributed by atoms with van der Waals surface area (Å²) in [6, 6.07) is 102. The highest BCUT2D eigenvalue weighted by Gasteiger charge is 2.43. The van der Waals surface area contributed by atoms with Crippen molar-refractivity contribution in [3.63, 3.8) is 0 Å². The highest BCUT2D eigenvalue weighted by Crippen LogP contribution is 2.43. The molecule has 0 saturated carbocycles. The van der Waals surface area contributed by atoms with E-state index in [1.807, 2.05) is 0 Å². The number of hydrogen-bond donors (Lipinski definition) is 0. The van der Waals surface area contributed by atoms with Gasteiger partial charge >= 0.3 is 0 Å². The predicted molar refractivity (Wildman–Crippen MR) is 299 cm³/mol. The van der Waals surface area contributed by atoms with Gasteiger partial charge in [0.25, 0.3) is 0 Å². The molecule has 328 valence electrons. The molecule has 0 fully saturated rings. The van der Waals surface area contributed by atoms with Crippen LogP contribution < -0.4 is 20.7 Å². The van der Waals surface area contributed by atoms with E-state index < -0.39 is 8.07 Å². The lowest BCUT2D eigenvalue weighted by Crippen LogP contribution is -2.75. The minimum Gasteiger partial charge on any atom is -0.309 e. The van der Waals surface area contributed by atoms with Gasteiger partial charge in [0.1, 0.15) is 0 Å². The third-order valence-corrected chi connectivity index (χ3v) is 19.6. The second-order valence-electron chi connectivity index (χ2n) is 18.4. The van der Waals surface area contributed by atoms with Crippen molar-refractivity contribution in [1.29, 1.82) is 0 Å². The van der Waals surface area contributed by atoms with Gasteiger partial charge in [-0.25, -0.2) is 0 Å². The van der Waals surface area contributed by atoms with Crippen LogP contribution in [0.15, 0.2) is 273 Å². The molecule has 0 unspecified atom stereocenters. The molecular weight excluding hydrogens is 863 g/mol. The van der Waals surface area contributed by atoms with Crippen LogP contribution >= 0.6 is 0 Å². The van der Waals surface area contributed by atoms with Crippen LogP contribution in [0.25, 0.3) is 93.6 Å². The number of hydrogen-bond acceptors (Lipinski definition) is 0. The van der Waals surface area contributed by atoms with Crippen molar-refractivity contribution in [1.82, 2.24) is 13.7 Å². The zero-order chi connectivity index (χ0) is 46.2. The highest BCUT2D eigenvalue weighted by molar-refractivity contribution is 7.20. The number of benzene rings is 11. The third-order valence-electron chi connectivity index (χ3n) is 14.8. The topological polar surface area (TPSA) is 14.8 Å². The Kier molecular flexibility index (Phi) is 9.23. The fraction of sp³-hybridized carbons (Fsp3) is 0. The van der Waals surface area contributed by atoms with Crippen molar-refractivity contribution < 1.29 is 0 Å². The smallest absolute Gasteiger partial charge is 0.181 e. The van der Waals surface area contributed by atoms with Crippen LogP contribution in [0.1, 0.15) is 0 Å². The molecular formula is C66H45N3Si. The average Bonchev–Trinajstić information content (AvgIpc) is 4.08. The first kappa shape index (κ1) is 40.1. The Bertz CT molecular complexity index is 4130. The quantitative estimate of drug-likeness (QED) is 0.107. The van der Waals surface area contributed by atoms with Crippen molar-refractivity contribution >= 4 is 94.2 Å². The van der Waals surface area contributed by atoms with Crippen LogP contribution in [-0.4, -0.2) is 21.8 Å². The largest absolute Gasteiger partial charge is 0.309 e. The summed E-state index contributed by atoms with van der Waals surface area (Å²) < 4.78 is 7.60. The normalized spacial score (nSPS) is 12.0. The molecule has 11 aromatic carbocycles. The van der Waals surface area contributed by atoms with Crippen LogP contribution in [0.2, 0.25) is 0 Å². The molecule has 4 heteroatoms. The zero-order valence-corrected chi connectivity index (χ0v) is 39.3. The van der Waals surface area contributed by atoms with Gasteiger partial charge in [-0.3, -0.25) is 0 Å².